The Kier molecular flexibility index (Phi) is 5.60. The summed E-state index contributed by atoms with van der Waals surface area (Å²) in [6.45, 7) is 0. The van der Waals surface area contributed by atoms with Crippen molar-refractivity contribution in [1.29, 1.82) is 0 Å². The molecule has 1 aliphatic rings. The van der Waals surface area contributed by atoms with Crippen LogP contribution < -0.4 is 10.9 Å². The Morgan fingerprint density at radius 3 is 2.48 bits per heavy atom. The lowest BCUT2D eigenvalue weighted by molar-refractivity contribution is -0.384. The first kappa shape index (κ1) is 18.7. The highest BCUT2D eigenvalue weighted by Crippen LogP contribution is 2.41. The number of halogens is 3. The molecule has 0 saturated heterocycles. The first-order chi connectivity index (χ1) is 11.7. The quantitative estimate of drug-likeness (QED) is 0.640. The number of amides is 2. The first-order valence-electron chi connectivity index (χ1n) is 7.61. The summed E-state index contributed by atoms with van der Waals surface area (Å²) >= 11 is 0. The van der Waals surface area contributed by atoms with Crippen LogP contribution in [0.5, 0.6) is 0 Å². The Morgan fingerprint density at radius 1 is 1.16 bits per heavy atom. The van der Waals surface area contributed by atoms with Gasteiger partial charge in [-0.1, -0.05) is 18.9 Å². The van der Waals surface area contributed by atoms with Gasteiger partial charge in [0.15, 0.2) is 0 Å². The minimum Gasteiger partial charge on any atom is -0.273 e. The Balaban J connectivity index is 2.00. The number of nitro groups is 1. The van der Waals surface area contributed by atoms with Crippen molar-refractivity contribution in [3.63, 3.8) is 0 Å². The Bertz CT molecular complexity index is 678. The van der Waals surface area contributed by atoms with Crippen LogP contribution in [-0.2, 0) is 4.79 Å². The average Bonchev–Trinajstić information content (AvgIpc) is 2.58. The summed E-state index contributed by atoms with van der Waals surface area (Å²) in [6, 6.07) is 4.76. The number of nitro benzene ring substituents is 1. The minimum atomic E-state index is -4.48. The second-order valence-electron chi connectivity index (χ2n) is 5.79. The molecule has 10 heteroatoms. The highest BCUT2D eigenvalue weighted by atomic mass is 19.4. The van der Waals surface area contributed by atoms with Gasteiger partial charge in [-0.05, 0) is 18.9 Å². The number of non-ortho nitro benzene ring substituents is 1. The lowest BCUT2D eigenvalue weighted by Gasteiger charge is -2.31. The van der Waals surface area contributed by atoms with Gasteiger partial charge in [-0.15, -0.1) is 0 Å². The molecule has 1 aromatic carbocycles. The number of hydrogen-bond donors (Lipinski definition) is 2. The van der Waals surface area contributed by atoms with Gasteiger partial charge in [-0.3, -0.25) is 30.6 Å². The molecular formula is C15H16F3N3O4. The van der Waals surface area contributed by atoms with E-state index in [-0.39, 0.29) is 24.1 Å². The van der Waals surface area contributed by atoms with Crippen LogP contribution in [0.1, 0.15) is 36.0 Å². The summed E-state index contributed by atoms with van der Waals surface area (Å²) < 4.78 is 39.0. The van der Waals surface area contributed by atoms with Crippen molar-refractivity contribution in [3.05, 3.63) is 39.9 Å². The second-order valence-corrected chi connectivity index (χ2v) is 5.79. The molecule has 0 radical (unpaired) electrons. The van der Waals surface area contributed by atoms with E-state index in [9.17, 15) is 32.9 Å². The van der Waals surface area contributed by atoms with Gasteiger partial charge in [-0.2, -0.15) is 13.2 Å². The van der Waals surface area contributed by atoms with Gasteiger partial charge < -0.3 is 0 Å². The van der Waals surface area contributed by atoms with Gasteiger partial charge in [0.1, 0.15) is 0 Å². The highest BCUT2D eigenvalue weighted by Gasteiger charge is 2.48. The van der Waals surface area contributed by atoms with E-state index in [4.69, 9.17) is 0 Å². The standard InChI is InChI=1S/C15H16F3N3O4/c16-15(17,18)12-7-2-1-6-11(12)14(23)20-19-13(22)9-4-3-5-10(8-9)21(24)25/h3-5,8,11-12H,1-2,6-7H2,(H,19,22)(H,20,23). The number of nitrogens with zero attached hydrogens (tertiary/aromatic N) is 1. The van der Waals surface area contributed by atoms with Crippen molar-refractivity contribution < 1.29 is 27.7 Å². The molecule has 1 saturated carbocycles. The fourth-order valence-corrected chi connectivity index (χ4v) is 2.88. The fourth-order valence-electron chi connectivity index (χ4n) is 2.88. The van der Waals surface area contributed by atoms with Gasteiger partial charge in [0.25, 0.3) is 11.6 Å². The first-order valence-corrected chi connectivity index (χ1v) is 7.61. The number of rotatable bonds is 3. The molecule has 2 N–H and O–H groups in total. The maximum absolute atomic E-state index is 13.0. The van der Waals surface area contributed by atoms with Crippen molar-refractivity contribution >= 4 is 17.5 Å². The number of carbonyl (C=O) groups excluding carboxylic acids is 2. The van der Waals surface area contributed by atoms with Crippen molar-refractivity contribution in [2.75, 3.05) is 0 Å². The number of alkyl halides is 3. The van der Waals surface area contributed by atoms with Gasteiger partial charge in [-0.25, -0.2) is 0 Å². The molecule has 136 valence electrons. The van der Waals surface area contributed by atoms with Crippen molar-refractivity contribution in [2.45, 2.75) is 31.9 Å². The van der Waals surface area contributed by atoms with Crippen LogP contribution in [-0.4, -0.2) is 22.9 Å². The molecule has 25 heavy (non-hydrogen) atoms. The summed E-state index contributed by atoms with van der Waals surface area (Å²) in [5.74, 6) is -4.77. The van der Waals surface area contributed by atoms with Gasteiger partial charge in [0.05, 0.1) is 16.8 Å². The minimum absolute atomic E-state index is 0.0860. The second kappa shape index (κ2) is 7.49. The third-order valence-electron chi connectivity index (χ3n) is 4.14. The van der Waals surface area contributed by atoms with E-state index in [1.807, 2.05) is 10.9 Å². The van der Waals surface area contributed by atoms with Crippen molar-refractivity contribution in [2.24, 2.45) is 11.8 Å². The van der Waals surface area contributed by atoms with Crippen LogP contribution in [0.4, 0.5) is 18.9 Å². The van der Waals surface area contributed by atoms with Crippen LogP contribution in [0.15, 0.2) is 24.3 Å². The number of hydrazine groups is 1. The number of benzene rings is 1. The van der Waals surface area contributed by atoms with E-state index in [1.165, 1.54) is 18.2 Å². The SMILES string of the molecule is O=C(NNC(=O)C1CCCCC1C(F)(F)F)c1cccc([N+](=O)[O-])c1. The largest absolute Gasteiger partial charge is 0.392 e. The third-order valence-corrected chi connectivity index (χ3v) is 4.14. The lowest BCUT2D eigenvalue weighted by atomic mass is 9.78. The molecular weight excluding hydrogens is 343 g/mol. The molecule has 2 rings (SSSR count). The summed E-state index contributed by atoms with van der Waals surface area (Å²) in [7, 11) is 0. The Hall–Kier alpha value is -2.65. The molecule has 0 aromatic heterocycles. The van der Waals surface area contributed by atoms with Gasteiger partial charge in [0.2, 0.25) is 5.91 Å². The molecule has 1 aliphatic carbocycles. The number of nitrogens with one attached hydrogen (secondary N) is 2. The Morgan fingerprint density at radius 2 is 1.84 bits per heavy atom. The van der Waals surface area contributed by atoms with Gasteiger partial charge in [0, 0.05) is 17.7 Å². The van der Waals surface area contributed by atoms with Crippen molar-refractivity contribution in [1.82, 2.24) is 10.9 Å². The smallest absolute Gasteiger partial charge is 0.273 e. The van der Waals surface area contributed by atoms with E-state index in [0.717, 1.165) is 6.07 Å². The van der Waals surface area contributed by atoms with E-state index in [2.05, 4.69) is 0 Å². The molecule has 0 heterocycles. The topological polar surface area (TPSA) is 101 Å². The summed E-state index contributed by atoms with van der Waals surface area (Å²) in [6.07, 6.45) is -3.62. The molecule has 2 atom stereocenters. The van der Waals surface area contributed by atoms with Crippen LogP contribution in [0.2, 0.25) is 0 Å². The molecule has 2 unspecified atom stereocenters. The van der Waals surface area contributed by atoms with Crippen LogP contribution in [0.3, 0.4) is 0 Å². The average molecular weight is 359 g/mol. The number of carbonyl (C=O) groups is 2. The molecule has 1 fully saturated rings. The zero-order valence-corrected chi connectivity index (χ0v) is 13.0. The van der Waals surface area contributed by atoms with Crippen LogP contribution in [0, 0.1) is 22.0 Å². The predicted molar refractivity (Wildman–Crippen MR) is 80.2 cm³/mol. The molecule has 0 bridgehead atoms. The number of hydrogen-bond acceptors (Lipinski definition) is 4. The maximum atomic E-state index is 13.0. The highest BCUT2D eigenvalue weighted by molar-refractivity contribution is 5.96. The molecule has 0 aliphatic heterocycles. The summed E-state index contributed by atoms with van der Waals surface area (Å²) in [5, 5.41) is 10.7. The zero-order valence-electron chi connectivity index (χ0n) is 13.0. The van der Waals surface area contributed by atoms with Crippen molar-refractivity contribution in [3.8, 4) is 0 Å². The van der Waals surface area contributed by atoms with E-state index >= 15 is 0 Å². The Labute approximate surface area is 140 Å². The normalized spacial score (nSPS) is 20.6. The van der Waals surface area contributed by atoms with E-state index < -0.39 is 34.7 Å². The summed E-state index contributed by atoms with van der Waals surface area (Å²) in [5.41, 5.74) is 3.59. The summed E-state index contributed by atoms with van der Waals surface area (Å²) in [4.78, 5) is 33.9. The third kappa shape index (κ3) is 4.68. The molecule has 0 spiro atoms. The monoisotopic (exact) mass is 359 g/mol. The zero-order chi connectivity index (χ0) is 18.6. The molecule has 7 nitrogen and oxygen atoms in total. The molecule has 1 aromatic rings. The van der Waals surface area contributed by atoms with Crippen LogP contribution in [0.25, 0.3) is 0 Å². The van der Waals surface area contributed by atoms with E-state index in [1.54, 1.807) is 0 Å². The van der Waals surface area contributed by atoms with Crippen LogP contribution >= 0.6 is 0 Å². The van der Waals surface area contributed by atoms with Gasteiger partial charge >= 0.3 is 6.18 Å². The van der Waals surface area contributed by atoms with E-state index in [0.29, 0.717) is 12.8 Å². The predicted octanol–water partition coefficient (Wildman–Crippen LogP) is 2.72. The maximum Gasteiger partial charge on any atom is 0.392 e. The lowest BCUT2D eigenvalue weighted by Crippen LogP contribution is -2.49. The molecule has 2 amide bonds. The fraction of sp³-hybridized carbons (Fsp3) is 0.467.